The van der Waals surface area contributed by atoms with Crippen LogP contribution in [0.15, 0.2) is 12.7 Å². The van der Waals surface area contributed by atoms with Crippen LogP contribution in [0.25, 0.3) is 0 Å². The van der Waals surface area contributed by atoms with E-state index in [0.29, 0.717) is 0 Å². The monoisotopic (exact) mass is 372 g/mol. The lowest BCUT2D eigenvalue weighted by Crippen LogP contribution is -2.46. The molecule has 0 aliphatic carbocycles. The normalized spacial score (nSPS) is 11.8. The summed E-state index contributed by atoms with van der Waals surface area (Å²) in [5.74, 6) is 0. The van der Waals surface area contributed by atoms with Gasteiger partial charge in [-0.3, -0.25) is 0 Å². The van der Waals surface area contributed by atoms with Crippen LogP contribution in [0.2, 0.25) is 6.04 Å². The first kappa shape index (κ1) is 24.8. The third-order valence-electron chi connectivity index (χ3n) is 4.35. The molecule has 0 aromatic rings. The summed E-state index contributed by atoms with van der Waals surface area (Å²) in [5.41, 5.74) is 0. The number of unbranched alkanes of at least 4 members (excludes halogenated alkanes) is 8. The summed E-state index contributed by atoms with van der Waals surface area (Å²) in [6, 6.07) is 0.950. The number of allylic oxidation sites excluding steroid dienone is 1. The molecule has 0 bridgehead atoms. The topological polar surface area (TPSA) is 27.7 Å². The maximum absolute atomic E-state index is 6.34. The third-order valence-corrected chi connectivity index (χ3v) is 7.25. The molecule has 0 saturated heterocycles. The van der Waals surface area contributed by atoms with Crippen molar-refractivity contribution in [1.29, 1.82) is 0 Å². The van der Waals surface area contributed by atoms with Gasteiger partial charge in [-0.25, -0.2) is 0 Å². The van der Waals surface area contributed by atoms with E-state index in [9.17, 15) is 0 Å². The molecule has 0 N–H and O–H groups in total. The first-order valence-electron chi connectivity index (χ1n) is 10.8. The Balaban J connectivity index is 4.64. The Hall–Kier alpha value is -0.163. The van der Waals surface area contributed by atoms with Gasteiger partial charge in [-0.2, -0.15) is 0 Å². The Kier molecular flexibility index (Phi) is 18.5. The van der Waals surface area contributed by atoms with Crippen LogP contribution in [-0.4, -0.2) is 28.6 Å². The standard InChI is InChI=1S/C21H44O3Si/c1-5-9-13-17-21-25(22-18-14-10-6-2,23-19-15-11-7-3)24-20-16-12-8-4/h5H,1,6-21H2,2-4H3. The number of rotatable bonds is 20. The molecular formula is C21H44O3Si. The van der Waals surface area contributed by atoms with Gasteiger partial charge in [0.05, 0.1) is 0 Å². The summed E-state index contributed by atoms with van der Waals surface area (Å²) >= 11 is 0. The van der Waals surface area contributed by atoms with E-state index < -0.39 is 8.80 Å². The molecule has 4 heteroatoms. The van der Waals surface area contributed by atoms with Crippen molar-refractivity contribution in [2.24, 2.45) is 0 Å². The van der Waals surface area contributed by atoms with Crippen LogP contribution in [0.1, 0.15) is 97.8 Å². The molecule has 0 aliphatic heterocycles. The smallest absolute Gasteiger partial charge is 0.373 e. The molecule has 0 radical (unpaired) electrons. The summed E-state index contributed by atoms with van der Waals surface area (Å²) in [7, 11) is -2.53. The zero-order chi connectivity index (χ0) is 18.6. The van der Waals surface area contributed by atoms with E-state index in [0.717, 1.165) is 64.4 Å². The van der Waals surface area contributed by atoms with E-state index >= 15 is 0 Å². The van der Waals surface area contributed by atoms with Crippen molar-refractivity contribution in [2.45, 2.75) is 104 Å². The fourth-order valence-electron chi connectivity index (χ4n) is 2.71. The first-order chi connectivity index (χ1) is 12.2. The second-order valence-corrected chi connectivity index (χ2v) is 9.62. The van der Waals surface area contributed by atoms with E-state index in [1.807, 2.05) is 6.08 Å². The minimum Gasteiger partial charge on any atom is -0.373 e. The van der Waals surface area contributed by atoms with Crippen molar-refractivity contribution in [3.05, 3.63) is 12.7 Å². The van der Waals surface area contributed by atoms with E-state index in [1.54, 1.807) is 0 Å². The molecule has 0 amide bonds. The Labute approximate surface area is 158 Å². The van der Waals surface area contributed by atoms with E-state index in [2.05, 4.69) is 27.4 Å². The van der Waals surface area contributed by atoms with Gasteiger partial charge in [-0.05, 0) is 38.5 Å². The van der Waals surface area contributed by atoms with Crippen molar-refractivity contribution in [1.82, 2.24) is 0 Å². The molecular weight excluding hydrogens is 328 g/mol. The molecule has 0 heterocycles. The van der Waals surface area contributed by atoms with Crippen LogP contribution in [0.3, 0.4) is 0 Å². The van der Waals surface area contributed by atoms with Crippen molar-refractivity contribution < 1.29 is 13.3 Å². The molecule has 0 rings (SSSR count). The summed E-state index contributed by atoms with van der Waals surface area (Å²) in [4.78, 5) is 0. The second-order valence-electron chi connectivity index (χ2n) is 6.88. The maximum Gasteiger partial charge on any atom is 0.500 e. The van der Waals surface area contributed by atoms with Crippen LogP contribution in [0, 0.1) is 0 Å². The van der Waals surface area contributed by atoms with Gasteiger partial charge in [0.15, 0.2) is 0 Å². The van der Waals surface area contributed by atoms with Crippen LogP contribution in [0.4, 0.5) is 0 Å². The molecule has 0 spiro atoms. The van der Waals surface area contributed by atoms with Gasteiger partial charge in [0.25, 0.3) is 0 Å². The summed E-state index contributed by atoms with van der Waals surface area (Å²) in [5, 5.41) is 0. The maximum atomic E-state index is 6.34. The molecule has 0 fully saturated rings. The lowest BCUT2D eigenvalue weighted by molar-refractivity contribution is 0.0549. The summed E-state index contributed by atoms with van der Waals surface area (Å²) in [6.07, 6.45) is 15.9. The van der Waals surface area contributed by atoms with Gasteiger partial charge in [0.1, 0.15) is 0 Å². The van der Waals surface area contributed by atoms with Crippen molar-refractivity contribution >= 4 is 8.80 Å². The van der Waals surface area contributed by atoms with Crippen LogP contribution in [-0.2, 0) is 13.3 Å². The lowest BCUT2D eigenvalue weighted by Gasteiger charge is -2.30. The third kappa shape index (κ3) is 14.7. The van der Waals surface area contributed by atoms with Gasteiger partial charge >= 0.3 is 8.80 Å². The zero-order valence-electron chi connectivity index (χ0n) is 17.3. The Morgan fingerprint density at radius 3 is 1.44 bits per heavy atom. The fraction of sp³-hybridized carbons (Fsp3) is 0.905. The molecule has 25 heavy (non-hydrogen) atoms. The summed E-state index contributed by atoms with van der Waals surface area (Å²) < 4.78 is 19.0. The van der Waals surface area contributed by atoms with Crippen LogP contribution < -0.4 is 0 Å². The highest BCUT2D eigenvalue weighted by Gasteiger charge is 2.40. The molecule has 150 valence electrons. The summed E-state index contributed by atoms with van der Waals surface area (Å²) in [6.45, 7) is 12.8. The Morgan fingerprint density at radius 1 is 0.640 bits per heavy atom. The second kappa shape index (κ2) is 18.6. The largest absolute Gasteiger partial charge is 0.500 e. The quantitative estimate of drug-likeness (QED) is 0.132. The number of hydrogen-bond acceptors (Lipinski definition) is 3. The first-order valence-corrected chi connectivity index (χ1v) is 12.7. The highest BCUT2D eigenvalue weighted by atomic mass is 28.4. The van der Waals surface area contributed by atoms with Crippen LogP contribution in [0.5, 0.6) is 0 Å². The van der Waals surface area contributed by atoms with E-state index in [4.69, 9.17) is 13.3 Å². The van der Waals surface area contributed by atoms with Gasteiger partial charge in [0.2, 0.25) is 0 Å². The van der Waals surface area contributed by atoms with E-state index in [-0.39, 0.29) is 0 Å². The Bertz CT molecular complexity index is 253. The highest BCUT2D eigenvalue weighted by molar-refractivity contribution is 6.60. The molecule has 0 aliphatic rings. The fourth-order valence-corrected chi connectivity index (χ4v) is 5.44. The van der Waals surface area contributed by atoms with Gasteiger partial charge in [-0.1, -0.05) is 65.4 Å². The van der Waals surface area contributed by atoms with Crippen molar-refractivity contribution in [3.8, 4) is 0 Å². The molecule has 0 atom stereocenters. The van der Waals surface area contributed by atoms with Crippen LogP contribution >= 0.6 is 0 Å². The molecule has 0 aromatic heterocycles. The molecule has 0 aromatic carbocycles. The van der Waals surface area contributed by atoms with Gasteiger partial charge in [-0.15, -0.1) is 6.58 Å². The molecule has 3 nitrogen and oxygen atoms in total. The SMILES string of the molecule is C=CCCCC[Si](OCCCCC)(OCCCCC)OCCCCC. The van der Waals surface area contributed by atoms with Crippen molar-refractivity contribution in [3.63, 3.8) is 0 Å². The van der Waals surface area contributed by atoms with E-state index in [1.165, 1.54) is 38.5 Å². The molecule has 0 unspecified atom stereocenters. The minimum absolute atomic E-state index is 0.781. The van der Waals surface area contributed by atoms with Crippen molar-refractivity contribution in [2.75, 3.05) is 19.8 Å². The Morgan fingerprint density at radius 2 is 1.08 bits per heavy atom. The van der Waals surface area contributed by atoms with Gasteiger partial charge < -0.3 is 13.3 Å². The lowest BCUT2D eigenvalue weighted by atomic mass is 10.2. The average molecular weight is 373 g/mol. The molecule has 0 saturated carbocycles. The minimum atomic E-state index is -2.53. The average Bonchev–Trinajstić information content (AvgIpc) is 2.63. The predicted octanol–water partition coefficient (Wildman–Crippen LogP) is 6.90. The van der Waals surface area contributed by atoms with Gasteiger partial charge in [0, 0.05) is 25.9 Å². The number of hydrogen-bond donors (Lipinski definition) is 0. The highest BCUT2D eigenvalue weighted by Crippen LogP contribution is 2.22. The zero-order valence-corrected chi connectivity index (χ0v) is 18.3. The predicted molar refractivity (Wildman–Crippen MR) is 111 cm³/mol.